The van der Waals surface area contributed by atoms with Crippen LogP contribution in [0.1, 0.15) is 19.3 Å². The van der Waals surface area contributed by atoms with Crippen molar-refractivity contribution in [2.45, 2.75) is 37.7 Å². The van der Waals surface area contributed by atoms with Gasteiger partial charge in [0.1, 0.15) is 6.26 Å². The monoisotopic (exact) mass is 415 g/mol. The molecule has 2 amide bonds. The molecule has 2 aliphatic rings. The molecule has 1 aromatic heterocycles. The van der Waals surface area contributed by atoms with Gasteiger partial charge in [-0.15, -0.1) is 0 Å². The third-order valence-corrected chi connectivity index (χ3v) is 5.03. The molecule has 3 rings (SSSR count). The SMILES string of the molecule is O=C(Nc1ccon1)[C@H]1CC12CCN(C(=O)OC(C(F)(F)F)C(F)(F)F)CC2. The lowest BCUT2D eigenvalue weighted by atomic mass is 9.91. The number of piperidine rings is 1. The summed E-state index contributed by atoms with van der Waals surface area (Å²) < 4.78 is 83.3. The molecule has 7 nitrogen and oxygen atoms in total. The van der Waals surface area contributed by atoms with Crippen LogP contribution in [-0.2, 0) is 9.53 Å². The summed E-state index contributed by atoms with van der Waals surface area (Å²) in [6.07, 6.45) is -15.1. The molecule has 1 saturated heterocycles. The van der Waals surface area contributed by atoms with Crippen LogP contribution >= 0.6 is 0 Å². The summed E-state index contributed by atoms with van der Waals surface area (Å²) in [5, 5.41) is 6.09. The summed E-state index contributed by atoms with van der Waals surface area (Å²) in [6.45, 7) is -0.204. The Morgan fingerprint density at radius 1 is 1.21 bits per heavy atom. The highest BCUT2D eigenvalue weighted by Crippen LogP contribution is 2.59. The molecule has 1 N–H and O–H groups in total. The number of halogens is 6. The number of hydrogen-bond donors (Lipinski definition) is 1. The van der Waals surface area contributed by atoms with E-state index >= 15 is 0 Å². The minimum Gasteiger partial charge on any atom is -0.426 e. The van der Waals surface area contributed by atoms with E-state index in [1.165, 1.54) is 12.3 Å². The Kier molecular flexibility index (Phi) is 4.96. The third-order valence-electron chi connectivity index (χ3n) is 5.03. The average Bonchev–Trinajstić information content (AvgIpc) is 3.02. The minimum absolute atomic E-state index is 0.102. The van der Waals surface area contributed by atoms with Gasteiger partial charge in [-0.2, -0.15) is 26.3 Å². The van der Waals surface area contributed by atoms with E-state index in [1.54, 1.807) is 0 Å². The quantitative estimate of drug-likeness (QED) is 0.766. The zero-order valence-corrected chi connectivity index (χ0v) is 14.1. The molecule has 13 heteroatoms. The zero-order valence-electron chi connectivity index (χ0n) is 14.1. The molecule has 1 saturated carbocycles. The Morgan fingerprint density at radius 2 is 1.82 bits per heavy atom. The van der Waals surface area contributed by atoms with Gasteiger partial charge in [0.15, 0.2) is 5.82 Å². The first-order valence-electron chi connectivity index (χ1n) is 8.23. The summed E-state index contributed by atoms with van der Waals surface area (Å²) in [7, 11) is 0. The van der Waals surface area contributed by atoms with Crippen molar-refractivity contribution in [2.75, 3.05) is 18.4 Å². The average molecular weight is 415 g/mol. The normalized spacial score (nSPS) is 21.7. The Balaban J connectivity index is 1.53. The van der Waals surface area contributed by atoms with Gasteiger partial charge >= 0.3 is 18.4 Å². The Labute approximate surface area is 154 Å². The smallest absolute Gasteiger partial charge is 0.426 e. The van der Waals surface area contributed by atoms with Crippen molar-refractivity contribution in [1.82, 2.24) is 10.1 Å². The topological polar surface area (TPSA) is 84.7 Å². The maximum absolute atomic E-state index is 12.5. The van der Waals surface area contributed by atoms with E-state index in [9.17, 15) is 35.9 Å². The second-order valence-electron chi connectivity index (χ2n) is 6.83. The van der Waals surface area contributed by atoms with Crippen LogP contribution in [0.15, 0.2) is 16.9 Å². The van der Waals surface area contributed by atoms with Crippen molar-refractivity contribution in [2.24, 2.45) is 11.3 Å². The van der Waals surface area contributed by atoms with Crippen LogP contribution in [0.3, 0.4) is 0 Å². The number of hydrogen-bond acceptors (Lipinski definition) is 5. The fraction of sp³-hybridized carbons (Fsp3) is 0.667. The van der Waals surface area contributed by atoms with E-state index in [-0.39, 0.29) is 43.6 Å². The van der Waals surface area contributed by atoms with Crippen molar-refractivity contribution < 1.29 is 45.2 Å². The number of rotatable bonds is 3. The number of anilines is 1. The van der Waals surface area contributed by atoms with Crippen molar-refractivity contribution in [1.29, 1.82) is 0 Å². The van der Waals surface area contributed by atoms with Gasteiger partial charge in [-0.05, 0) is 24.7 Å². The van der Waals surface area contributed by atoms with E-state index in [0.29, 0.717) is 6.42 Å². The van der Waals surface area contributed by atoms with E-state index < -0.39 is 30.0 Å². The summed E-state index contributed by atoms with van der Waals surface area (Å²) in [6, 6.07) is 1.45. The second-order valence-corrected chi connectivity index (χ2v) is 6.83. The lowest BCUT2D eigenvalue weighted by Gasteiger charge is -2.33. The van der Waals surface area contributed by atoms with Crippen LogP contribution in [0.25, 0.3) is 0 Å². The highest BCUT2D eigenvalue weighted by Gasteiger charge is 2.61. The molecular formula is C15H15F6N3O4. The fourth-order valence-electron chi connectivity index (χ4n) is 3.39. The van der Waals surface area contributed by atoms with Gasteiger partial charge in [0.05, 0.1) is 0 Å². The Hall–Kier alpha value is -2.47. The van der Waals surface area contributed by atoms with Crippen LogP contribution in [-0.4, -0.2) is 53.6 Å². The van der Waals surface area contributed by atoms with Gasteiger partial charge in [-0.3, -0.25) is 4.79 Å². The van der Waals surface area contributed by atoms with Crippen LogP contribution in [0.5, 0.6) is 0 Å². The molecule has 2 fully saturated rings. The Morgan fingerprint density at radius 3 is 2.32 bits per heavy atom. The molecule has 156 valence electrons. The van der Waals surface area contributed by atoms with E-state index in [1.807, 2.05) is 0 Å². The van der Waals surface area contributed by atoms with Crippen molar-refractivity contribution >= 4 is 17.8 Å². The largest absolute Gasteiger partial charge is 0.434 e. The molecule has 1 aromatic rings. The first kappa shape index (κ1) is 20.3. The number of nitrogens with zero attached hydrogens (tertiary/aromatic N) is 2. The fourth-order valence-corrected chi connectivity index (χ4v) is 3.39. The lowest BCUT2D eigenvalue weighted by molar-refractivity contribution is -0.308. The standard InChI is InChI=1S/C15H15F6N3O4/c16-14(17,18)11(15(19,20)21)28-12(26)24-4-2-13(3-5-24)7-8(13)10(25)22-9-1-6-27-23-9/h1,6,8,11H,2-5,7H2,(H,22,23,25)/t8-/m1/s1. The Bertz CT molecular complexity index is 711. The number of likely N-dealkylation sites (tertiary alicyclic amines) is 1. The van der Waals surface area contributed by atoms with E-state index in [4.69, 9.17) is 0 Å². The maximum Gasteiger partial charge on any atom is 0.434 e. The number of aromatic nitrogens is 1. The molecule has 0 bridgehead atoms. The highest BCUT2D eigenvalue weighted by molar-refractivity contribution is 5.94. The summed E-state index contributed by atoms with van der Waals surface area (Å²) in [5.41, 5.74) is -0.432. The first-order valence-corrected chi connectivity index (χ1v) is 8.23. The summed E-state index contributed by atoms with van der Waals surface area (Å²) in [4.78, 5) is 24.7. The van der Waals surface area contributed by atoms with Gasteiger partial charge < -0.3 is 19.5 Å². The number of carbonyl (C=O) groups excluding carboxylic acids is 2. The van der Waals surface area contributed by atoms with E-state index in [2.05, 4.69) is 19.7 Å². The highest BCUT2D eigenvalue weighted by atomic mass is 19.4. The molecule has 0 radical (unpaired) electrons. The number of alkyl halides is 6. The molecule has 0 unspecified atom stereocenters. The second kappa shape index (κ2) is 6.85. The van der Waals surface area contributed by atoms with Gasteiger partial charge in [0, 0.05) is 25.1 Å². The maximum atomic E-state index is 12.5. The lowest BCUT2D eigenvalue weighted by Crippen LogP contribution is -2.49. The van der Waals surface area contributed by atoms with Gasteiger partial charge in [-0.1, -0.05) is 5.16 Å². The van der Waals surface area contributed by atoms with Gasteiger partial charge in [0.25, 0.3) is 6.10 Å². The van der Waals surface area contributed by atoms with Crippen LogP contribution in [0.2, 0.25) is 0 Å². The number of amides is 2. The summed E-state index contributed by atoms with van der Waals surface area (Å²) >= 11 is 0. The molecular weight excluding hydrogens is 400 g/mol. The number of carbonyl (C=O) groups is 2. The van der Waals surface area contributed by atoms with Crippen LogP contribution in [0, 0.1) is 11.3 Å². The molecule has 0 aromatic carbocycles. The summed E-state index contributed by atoms with van der Waals surface area (Å²) in [5.74, 6) is -0.446. The van der Waals surface area contributed by atoms with Crippen molar-refractivity contribution in [3.05, 3.63) is 12.3 Å². The minimum atomic E-state index is -5.76. The van der Waals surface area contributed by atoms with E-state index in [0.717, 1.165) is 4.90 Å². The van der Waals surface area contributed by atoms with Crippen LogP contribution in [0.4, 0.5) is 37.0 Å². The van der Waals surface area contributed by atoms with Crippen molar-refractivity contribution in [3.8, 4) is 0 Å². The number of ether oxygens (including phenoxy) is 1. The molecule has 1 spiro atoms. The third kappa shape index (κ3) is 4.17. The first-order chi connectivity index (χ1) is 12.9. The van der Waals surface area contributed by atoms with Crippen molar-refractivity contribution in [3.63, 3.8) is 0 Å². The number of nitrogens with one attached hydrogen (secondary N) is 1. The zero-order chi connectivity index (χ0) is 20.7. The molecule has 2 heterocycles. The molecule has 1 aliphatic carbocycles. The van der Waals surface area contributed by atoms with Gasteiger partial charge in [-0.25, -0.2) is 4.79 Å². The molecule has 1 aliphatic heterocycles. The molecule has 1 atom stereocenters. The van der Waals surface area contributed by atoms with Gasteiger partial charge in [0.2, 0.25) is 5.91 Å². The predicted octanol–water partition coefficient (Wildman–Crippen LogP) is 3.35. The molecule has 28 heavy (non-hydrogen) atoms. The predicted molar refractivity (Wildman–Crippen MR) is 78.9 cm³/mol. The van der Waals surface area contributed by atoms with Crippen LogP contribution < -0.4 is 5.32 Å².